The molecule has 124 heavy (non-hydrogen) atoms. The Bertz CT molecular complexity index is 8090. The van der Waals surface area contributed by atoms with Crippen LogP contribution in [0.2, 0.25) is 0 Å². The number of fused-ring (bicyclic) bond motifs is 14. The Morgan fingerprint density at radius 2 is 0.532 bits per heavy atom. The van der Waals surface area contributed by atoms with Crippen molar-refractivity contribution in [3.8, 4) is 147 Å². The van der Waals surface area contributed by atoms with Gasteiger partial charge in [-0.05, 0) is 112 Å². The number of aromatic nitrogens is 10. The summed E-state index contributed by atoms with van der Waals surface area (Å²) >= 11 is 3.69. The molecular formula is C112H70N10S2. The van der Waals surface area contributed by atoms with Gasteiger partial charge in [0.25, 0.3) is 0 Å². The molecule has 0 spiro atoms. The third-order valence-corrected chi connectivity index (χ3v) is 25.8. The second-order valence-corrected chi connectivity index (χ2v) is 32.9. The molecule has 16 aromatic carbocycles. The summed E-state index contributed by atoms with van der Waals surface area (Å²) in [5, 5.41) is 9.79. The Hall–Kier alpha value is -16.1. The molecule has 12 heteroatoms. The topological polar surface area (TPSA) is 113 Å². The lowest BCUT2D eigenvalue weighted by Crippen LogP contribution is -2.02. The fourth-order valence-corrected chi connectivity index (χ4v) is 20.3. The molecule has 0 unspecified atom stereocenters. The molecule has 8 aromatic heterocycles. The normalized spacial score (nSPS) is 11.5. The van der Waals surface area contributed by atoms with Gasteiger partial charge in [0.1, 0.15) is 0 Å². The van der Waals surface area contributed by atoms with E-state index in [-0.39, 0.29) is 0 Å². The van der Waals surface area contributed by atoms with Crippen molar-refractivity contribution < 1.29 is 0 Å². The zero-order chi connectivity index (χ0) is 82.0. The van der Waals surface area contributed by atoms with Crippen molar-refractivity contribution in [3.05, 3.63) is 425 Å². The average Bonchev–Trinajstić information content (AvgIpc) is 1.57. The SMILES string of the molecule is c1ccc(-c2nc(-c3ccccc3)nc(-c3cc(-c4ccccc4-c4ccccc4)cnc3-c3ccc4sc5c(ccc6c5c5ccccc5n6-c5ccccc5)c4c3)n2)cc1.c1ccc(-c2nc(-c3ccccc3)nc(-c3cc(-c4ccccc4-c4ccccc4)cnc3-c3cccc4sc5c(ccc6c5c5ccccc5n6-c5ccccc5)c34)n2)cc1. The van der Waals surface area contributed by atoms with Crippen LogP contribution < -0.4 is 0 Å². The Kier molecular flexibility index (Phi) is 18.4. The summed E-state index contributed by atoms with van der Waals surface area (Å²) in [6, 6.07) is 144. The minimum absolute atomic E-state index is 0.559. The molecule has 0 aliphatic heterocycles. The molecule has 0 aliphatic rings. The average molecular weight is 1620 g/mol. The molecule has 24 rings (SSSR count). The number of para-hydroxylation sites is 4. The van der Waals surface area contributed by atoms with Gasteiger partial charge in [-0.2, -0.15) is 0 Å². The third kappa shape index (κ3) is 13.0. The van der Waals surface area contributed by atoms with E-state index >= 15 is 0 Å². The van der Waals surface area contributed by atoms with Crippen molar-refractivity contribution in [2.75, 3.05) is 0 Å². The lowest BCUT2D eigenvalue weighted by Gasteiger charge is -2.15. The molecule has 0 amide bonds. The summed E-state index contributed by atoms with van der Waals surface area (Å²) in [6.45, 7) is 0. The first-order valence-electron chi connectivity index (χ1n) is 41.4. The molecular weight excluding hydrogens is 1550 g/mol. The smallest absolute Gasteiger partial charge is 0.166 e. The van der Waals surface area contributed by atoms with Crippen LogP contribution in [-0.4, -0.2) is 49.0 Å². The summed E-state index contributed by atoms with van der Waals surface area (Å²) in [6.07, 6.45) is 4.01. The van der Waals surface area contributed by atoms with Gasteiger partial charge in [0.2, 0.25) is 0 Å². The van der Waals surface area contributed by atoms with Gasteiger partial charge in [0, 0.05) is 141 Å². The molecule has 8 heterocycles. The lowest BCUT2D eigenvalue weighted by molar-refractivity contribution is 1.07. The van der Waals surface area contributed by atoms with Crippen molar-refractivity contribution in [1.82, 2.24) is 49.0 Å². The van der Waals surface area contributed by atoms with E-state index in [0.29, 0.717) is 34.9 Å². The van der Waals surface area contributed by atoms with Gasteiger partial charge in [-0.25, -0.2) is 29.9 Å². The highest BCUT2D eigenvalue weighted by Gasteiger charge is 2.27. The molecule has 580 valence electrons. The van der Waals surface area contributed by atoms with Crippen molar-refractivity contribution in [2.24, 2.45) is 0 Å². The number of thiophene rings is 2. The molecule has 0 bridgehead atoms. The third-order valence-electron chi connectivity index (χ3n) is 23.4. The first-order valence-corrected chi connectivity index (χ1v) is 43.1. The lowest BCUT2D eigenvalue weighted by atomic mass is 9.93. The second kappa shape index (κ2) is 31.2. The van der Waals surface area contributed by atoms with E-state index in [1.165, 1.54) is 78.6 Å². The van der Waals surface area contributed by atoms with E-state index in [4.69, 9.17) is 39.9 Å². The van der Waals surface area contributed by atoms with E-state index in [1.54, 1.807) is 0 Å². The van der Waals surface area contributed by atoms with Crippen LogP contribution in [0.4, 0.5) is 0 Å². The zero-order valence-corrected chi connectivity index (χ0v) is 68.3. The van der Waals surface area contributed by atoms with Crippen LogP contribution >= 0.6 is 22.7 Å². The van der Waals surface area contributed by atoms with Gasteiger partial charge in [-0.15, -0.1) is 22.7 Å². The summed E-state index contributed by atoms with van der Waals surface area (Å²) < 4.78 is 9.72. The van der Waals surface area contributed by atoms with E-state index in [1.807, 2.05) is 156 Å². The van der Waals surface area contributed by atoms with E-state index in [0.717, 1.165) is 117 Å². The van der Waals surface area contributed by atoms with Crippen LogP contribution in [0.15, 0.2) is 425 Å². The molecule has 24 aromatic rings. The maximum atomic E-state index is 5.43. The first-order chi connectivity index (χ1) is 61.5. The van der Waals surface area contributed by atoms with Crippen LogP contribution in [0.25, 0.3) is 231 Å². The largest absolute Gasteiger partial charge is 0.309 e. The van der Waals surface area contributed by atoms with Crippen molar-refractivity contribution in [3.63, 3.8) is 0 Å². The fraction of sp³-hybridized carbons (Fsp3) is 0. The molecule has 0 atom stereocenters. The minimum atomic E-state index is 0.559. The molecule has 0 saturated heterocycles. The summed E-state index contributed by atoms with van der Waals surface area (Å²) in [5.74, 6) is 3.54. The Balaban J connectivity index is 0.000000143. The molecule has 0 radical (unpaired) electrons. The minimum Gasteiger partial charge on any atom is -0.309 e. The van der Waals surface area contributed by atoms with E-state index in [2.05, 4.69) is 300 Å². The Morgan fingerprint density at radius 1 is 0.185 bits per heavy atom. The van der Waals surface area contributed by atoms with Gasteiger partial charge in [-0.3, -0.25) is 9.97 Å². The van der Waals surface area contributed by atoms with E-state index < -0.39 is 0 Å². The number of rotatable bonds is 14. The summed E-state index contributed by atoms with van der Waals surface area (Å²) in [4.78, 5) is 41.9. The van der Waals surface area contributed by atoms with Gasteiger partial charge >= 0.3 is 0 Å². The number of benzene rings is 16. The summed E-state index contributed by atoms with van der Waals surface area (Å²) in [5.41, 5.74) is 24.7. The quantitative estimate of drug-likeness (QED) is 0.106. The maximum absolute atomic E-state index is 5.43. The van der Waals surface area contributed by atoms with Crippen molar-refractivity contribution >= 4 is 107 Å². The molecule has 0 aliphatic carbocycles. The van der Waals surface area contributed by atoms with Crippen molar-refractivity contribution in [2.45, 2.75) is 0 Å². The molecule has 0 saturated carbocycles. The molecule has 10 nitrogen and oxygen atoms in total. The maximum Gasteiger partial charge on any atom is 0.166 e. The van der Waals surface area contributed by atoms with Gasteiger partial charge in [0.05, 0.1) is 33.5 Å². The highest BCUT2D eigenvalue weighted by atomic mass is 32.1. The van der Waals surface area contributed by atoms with Crippen LogP contribution in [0, 0.1) is 0 Å². The van der Waals surface area contributed by atoms with Gasteiger partial charge in [-0.1, -0.05) is 334 Å². The Morgan fingerprint density at radius 3 is 0.984 bits per heavy atom. The first kappa shape index (κ1) is 73.1. The zero-order valence-electron chi connectivity index (χ0n) is 66.7. The monoisotopic (exact) mass is 1620 g/mol. The van der Waals surface area contributed by atoms with Crippen LogP contribution in [0.1, 0.15) is 0 Å². The number of hydrogen-bond donors (Lipinski definition) is 0. The van der Waals surface area contributed by atoms with Crippen LogP contribution in [-0.2, 0) is 0 Å². The number of pyridine rings is 2. The predicted molar refractivity (Wildman–Crippen MR) is 515 cm³/mol. The number of hydrogen-bond acceptors (Lipinski definition) is 10. The van der Waals surface area contributed by atoms with E-state index in [9.17, 15) is 0 Å². The summed E-state index contributed by atoms with van der Waals surface area (Å²) in [7, 11) is 0. The van der Waals surface area contributed by atoms with Gasteiger partial charge < -0.3 is 9.13 Å². The number of nitrogens with zero attached hydrogens (tertiary/aromatic N) is 10. The highest BCUT2D eigenvalue weighted by molar-refractivity contribution is 7.27. The van der Waals surface area contributed by atoms with Gasteiger partial charge in [0.15, 0.2) is 34.9 Å². The van der Waals surface area contributed by atoms with Crippen LogP contribution in [0.5, 0.6) is 0 Å². The molecule has 0 N–H and O–H groups in total. The predicted octanol–water partition coefficient (Wildman–Crippen LogP) is 29.5. The Labute approximate surface area is 722 Å². The standard InChI is InChI=1S/2C56H35N5S/c1-5-18-36(19-6-1)41-26-13-14-27-42(41)39-34-46(56-59-54(37-20-7-2-8-21-37)58-55(60-56)38-22-9-3-10-23-38)52(57-35-39)44-29-17-31-49-50(44)45-32-33-48-51(53(45)62-49)43-28-15-16-30-47(43)61(48)40-24-11-4-12-25-40;1-5-17-36(18-6-1)42-25-13-14-26-43(42)40-34-47(56-59-54(37-19-7-2-8-20-37)58-55(60-56)38-21-9-3-10-22-38)52(57-35-40)39-29-32-50-46(33-39)44-30-31-49-51(53(44)62-50)45-27-15-16-28-48(45)61(49)41-23-11-4-12-24-41/h2*1-35H. The second-order valence-electron chi connectivity index (χ2n) is 30.8. The van der Waals surface area contributed by atoms with Crippen molar-refractivity contribution in [1.29, 1.82) is 0 Å². The molecule has 0 fully saturated rings. The van der Waals surface area contributed by atoms with Crippen LogP contribution in [0.3, 0.4) is 0 Å². The fourth-order valence-electron chi connectivity index (χ4n) is 17.8. The highest BCUT2D eigenvalue weighted by Crippen LogP contribution is 2.50.